The predicted octanol–water partition coefficient (Wildman–Crippen LogP) is 0.760. The molecule has 0 saturated carbocycles. The molecule has 0 saturated heterocycles. The first-order valence-electron chi connectivity index (χ1n) is 4.00. The minimum atomic E-state index is 0.721. The van der Waals surface area contributed by atoms with Gasteiger partial charge in [-0.05, 0) is 25.0 Å². The van der Waals surface area contributed by atoms with Gasteiger partial charge in [-0.2, -0.15) is 0 Å². The van der Waals surface area contributed by atoms with Crippen LogP contribution >= 0.6 is 0 Å². The Kier molecular flexibility index (Phi) is 3.84. The van der Waals surface area contributed by atoms with E-state index in [0.717, 1.165) is 31.5 Å². The van der Waals surface area contributed by atoms with Gasteiger partial charge < -0.3 is 5.32 Å². The van der Waals surface area contributed by atoms with Crippen LogP contribution in [-0.4, -0.2) is 17.9 Å². The molecule has 0 fully saturated rings. The second-order valence-electron chi connectivity index (χ2n) is 2.50. The van der Waals surface area contributed by atoms with Crippen LogP contribution in [0.5, 0.6) is 0 Å². The third-order valence-electron chi connectivity index (χ3n) is 1.56. The number of hydrogen-bond acceptors (Lipinski definition) is 2. The molecule has 0 aromatic carbocycles. The Balaban J connectivity index is 2.20. The van der Waals surface area contributed by atoms with E-state index in [0.29, 0.717) is 0 Å². The highest BCUT2D eigenvalue weighted by atomic mass is 16.1. The first kappa shape index (κ1) is 8.71. The van der Waals surface area contributed by atoms with Gasteiger partial charge in [0, 0.05) is 18.4 Å². The summed E-state index contributed by atoms with van der Waals surface area (Å²) in [5.41, 5.74) is 1.07. The van der Waals surface area contributed by atoms with Crippen LogP contribution in [0, 0.1) is 0 Å². The van der Waals surface area contributed by atoms with Crippen molar-refractivity contribution >= 4 is 6.41 Å². The summed E-state index contributed by atoms with van der Waals surface area (Å²) in [4.78, 5) is 14.0. The lowest BCUT2D eigenvalue weighted by Crippen LogP contribution is -2.12. The largest absolute Gasteiger partial charge is 0.359 e. The lowest BCUT2D eigenvalue weighted by molar-refractivity contribution is -0.109. The zero-order valence-electron chi connectivity index (χ0n) is 6.86. The molecule has 64 valence electrons. The molecule has 0 aliphatic carbocycles. The molecule has 1 aromatic rings. The predicted molar refractivity (Wildman–Crippen MR) is 46.6 cm³/mol. The normalized spacial score (nSPS) is 9.33. The molecule has 1 rings (SSSR count). The van der Waals surface area contributed by atoms with Crippen molar-refractivity contribution in [2.24, 2.45) is 0 Å². The van der Waals surface area contributed by atoms with Crippen LogP contribution < -0.4 is 5.32 Å². The average Bonchev–Trinajstić information content (AvgIpc) is 2.14. The number of hydrogen-bond donors (Lipinski definition) is 1. The van der Waals surface area contributed by atoms with Crippen LogP contribution in [0.2, 0.25) is 0 Å². The van der Waals surface area contributed by atoms with Crippen molar-refractivity contribution in [1.29, 1.82) is 0 Å². The van der Waals surface area contributed by atoms with Gasteiger partial charge in [-0.25, -0.2) is 0 Å². The molecule has 0 atom stereocenters. The minimum absolute atomic E-state index is 0.721. The van der Waals surface area contributed by atoms with Crippen LogP contribution in [-0.2, 0) is 11.2 Å². The molecule has 1 amide bonds. The molecule has 1 N–H and O–H groups in total. The Morgan fingerprint density at radius 3 is 3.08 bits per heavy atom. The molecule has 0 aliphatic heterocycles. The number of aromatic nitrogens is 1. The van der Waals surface area contributed by atoms with E-state index in [9.17, 15) is 4.79 Å². The Bertz CT molecular complexity index is 223. The van der Waals surface area contributed by atoms with Crippen LogP contribution in [0.1, 0.15) is 12.1 Å². The van der Waals surface area contributed by atoms with Gasteiger partial charge in [-0.1, -0.05) is 6.07 Å². The second kappa shape index (κ2) is 5.29. The fourth-order valence-corrected chi connectivity index (χ4v) is 0.977. The number of rotatable bonds is 5. The van der Waals surface area contributed by atoms with Crippen molar-refractivity contribution in [3.63, 3.8) is 0 Å². The third-order valence-corrected chi connectivity index (χ3v) is 1.56. The maximum atomic E-state index is 9.89. The number of amides is 1. The van der Waals surface area contributed by atoms with Gasteiger partial charge in [0.05, 0.1) is 0 Å². The Morgan fingerprint density at radius 2 is 2.42 bits per heavy atom. The third kappa shape index (κ3) is 3.14. The number of pyridine rings is 1. The van der Waals surface area contributed by atoms with Crippen LogP contribution in [0.15, 0.2) is 24.4 Å². The lowest BCUT2D eigenvalue weighted by atomic mass is 10.2. The van der Waals surface area contributed by atoms with Crippen molar-refractivity contribution in [2.75, 3.05) is 6.54 Å². The van der Waals surface area contributed by atoms with E-state index in [4.69, 9.17) is 0 Å². The summed E-state index contributed by atoms with van der Waals surface area (Å²) in [5.74, 6) is 0. The van der Waals surface area contributed by atoms with Gasteiger partial charge in [0.15, 0.2) is 0 Å². The van der Waals surface area contributed by atoms with Crippen molar-refractivity contribution in [3.8, 4) is 0 Å². The molecule has 0 bridgehead atoms. The SMILES string of the molecule is O=CNCCCc1ccccn1. The fourth-order valence-electron chi connectivity index (χ4n) is 0.977. The fraction of sp³-hybridized carbons (Fsp3) is 0.333. The number of aryl methyl sites for hydroxylation is 1. The van der Waals surface area contributed by atoms with Gasteiger partial charge in [0.2, 0.25) is 6.41 Å². The highest BCUT2D eigenvalue weighted by Gasteiger charge is 1.91. The topological polar surface area (TPSA) is 42.0 Å². The number of nitrogens with one attached hydrogen (secondary N) is 1. The van der Waals surface area contributed by atoms with Crippen LogP contribution in [0.4, 0.5) is 0 Å². The zero-order valence-corrected chi connectivity index (χ0v) is 6.86. The molecule has 0 spiro atoms. The molecular formula is C9H12N2O. The molecule has 1 aromatic heterocycles. The summed E-state index contributed by atoms with van der Waals surface area (Å²) in [6.45, 7) is 0.722. The van der Waals surface area contributed by atoms with E-state index in [2.05, 4.69) is 10.3 Å². The van der Waals surface area contributed by atoms with Crippen LogP contribution in [0.25, 0.3) is 0 Å². The van der Waals surface area contributed by atoms with E-state index in [1.165, 1.54) is 0 Å². The quantitative estimate of drug-likeness (QED) is 0.515. The van der Waals surface area contributed by atoms with Crippen molar-refractivity contribution in [2.45, 2.75) is 12.8 Å². The summed E-state index contributed by atoms with van der Waals surface area (Å²) < 4.78 is 0. The molecule has 1 heterocycles. The highest BCUT2D eigenvalue weighted by molar-refractivity contribution is 5.45. The Morgan fingerprint density at radius 1 is 1.50 bits per heavy atom. The van der Waals surface area contributed by atoms with Gasteiger partial charge in [0.1, 0.15) is 0 Å². The van der Waals surface area contributed by atoms with Crippen LogP contribution in [0.3, 0.4) is 0 Å². The van der Waals surface area contributed by atoms with Crippen molar-refractivity contribution in [3.05, 3.63) is 30.1 Å². The van der Waals surface area contributed by atoms with E-state index in [1.807, 2.05) is 18.2 Å². The van der Waals surface area contributed by atoms with E-state index in [-0.39, 0.29) is 0 Å². The maximum Gasteiger partial charge on any atom is 0.207 e. The molecule has 3 heteroatoms. The van der Waals surface area contributed by atoms with E-state index in [1.54, 1.807) is 6.20 Å². The first-order valence-corrected chi connectivity index (χ1v) is 4.00. The average molecular weight is 164 g/mol. The monoisotopic (exact) mass is 164 g/mol. The second-order valence-corrected chi connectivity index (χ2v) is 2.50. The smallest absolute Gasteiger partial charge is 0.207 e. The number of nitrogens with zero attached hydrogens (tertiary/aromatic N) is 1. The summed E-state index contributed by atoms with van der Waals surface area (Å²) in [5, 5.41) is 2.61. The van der Waals surface area contributed by atoms with E-state index >= 15 is 0 Å². The Labute approximate surface area is 71.8 Å². The molecular weight excluding hydrogens is 152 g/mol. The molecule has 0 radical (unpaired) electrons. The zero-order chi connectivity index (χ0) is 8.65. The Hall–Kier alpha value is -1.38. The standard InChI is InChI=1S/C9H12N2O/c12-8-10-6-3-5-9-4-1-2-7-11-9/h1-2,4,7-8H,3,5-6H2,(H,10,12). The number of carbonyl (C=O) groups excluding carboxylic acids is 1. The summed E-state index contributed by atoms with van der Waals surface area (Å²) in [6, 6.07) is 5.85. The van der Waals surface area contributed by atoms with E-state index < -0.39 is 0 Å². The maximum absolute atomic E-state index is 9.89. The van der Waals surface area contributed by atoms with Gasteiger partial charge >= 0.3 is 0 Å². The molecule has 12 heavy (non-hydrogen) atoms. The summed E-state index contributed by atoms with van der Waals surface area (Å²) in [6.07, 6.45) is 4.36. The first-order chi connectivity index (χ1) is 5.93. The van der Waals surface area contributed by atoms with Gasteiger partial charge in [-0.15, -0.1) is 0 Å². The van der Waals surface area contributed by atoms with Crippen molar-refractivity contribution in [1.82, 2.24) is 10.3 Å². The van der Waals surface area contributed by atoms with Gasteiger partial charge in [0.25, 0.3) is 0 Å². The molecule has 0 aliphatic rings. The summed E-state index contributed by atoms with van der Waals surface area (Å²) >= 11 is 0. The summed E-state index contributed by atoms with van der Waals surface area (Å²) in [7, 11) is 0. The molecule has 0 unspecified atom stereocenters. The van der Waals surface area contributed by atoms with Crippen molar-refractivity contribution < 1.29 is 4.79 Å². The minimum Gasteiger partial charge on any atom is -0.359 e. The highest BCUT2D eigenvalue weighted by Crippen LogP contribution is 1.96. The van der Waals surface area contributed by atoms with Gasteiger partial charge in [-0.3, -0.25) is 9.78 Å². The number of carbonyl (C=O) groups is 1. The molecule has 3 nitrogen and oxygen atoms in total. The lowest BCUT2D eigenvalue weighted by Gasteiger charge is -1.98.